The van der Waals surface area contributed by atoms with Crippen molar-refractivity contribution >= 4 is 35.2 Å². The second-order valence-electron chi connectivity index (χ2n) is 9.65. The van der Waals surface area contributed by atoms with Crippen molar-refractivity contribution in [1.29, 1.82) is 0 Å². The molecule has 0 fully saturated rings. The third-order valence-electron chi connectivity index (χ3n) is 5.88. The van der Waals surface area contributed by atoms with Crippen LogP contribution in [0, 0.1) is 0 Å². The number of halogens is 1. The first kappa shape index (κ1) is 33.5. The molecule has 1 unspecified atom stereocenters. The predicted octanol–water partition coefficient (Wildman–Crippen LogP) is 2.97. The maximum atomic E-state index is 13.2. The van der Waals surface area contributed by atoms with Gasteiger partial charge in [0.15, 0.2) is 11.4 Å². The molecule has 11 heteroatoms. The predicted molar refractivity (Wildman–Crippen MR) is 154 cm³/mol. The molecule has 2 rings (SSSR count). The van der Waals surface area contributed by atoms with E-state index in [1.807, 2.05) is 13.0 Å². The van der Waals surface area contributed by atoms with E-state index in [0.29, 0.717) is 21.9 Å². The molecule has 1 atom stereocenters. The lowest BCUT2D eigenvalue weighted by Gasteiger charge is -2.28. The van der Waals surface area contributed by atoms with Crippen molar-refractivity contribution in [1.82, 2.24) is 10.6 Å². The SMILES string of the molecule is CC/C=C\CC(=O)NCCC(NC(=O)C(C)(C)Oc1ccc(C(=O)c2ccc(Cl)cc2)cc1)C(=O)OC(CO)CO. The fraction of sp³-hybridized carbons (Fsp3) is 0.400. The Morgan fingerprint density at radius 3 is 2.10 bits per heavy atom. The summed E-state index contributed by atoms with van der Waals surface area (Å²) in [5.41, 5.74) is -0.569. The largest absolute Gasteiger partial charge is 0.478 e. The van der Waals surface area contributed by atoms with Crippen LogP contribution in [0.3, 0.4) is 0 Å². The van der Waals surface area contributed by atoms with Crippen molar-refractivity contribution in [3.63, 3.8) is 0 Å². The van der Waals surface area contributed by atoms with E-state index in [1.165, 1.54) is 13.8 Å². The molecule has 2 aromatic rings. The van der Waals surface area contributed by atoms with Crippen LogP contribution in [0.15, 0.2) is 60.7 Å². The number of rotatable bonds is 16. The summed E-state index contributed by atoms with van der Waals surface area (Å²) in [5.74, 6) is -1.68. The van der Waals surface area contributed by atoms with Gasteiger partial charge in [0.2, 0.25) is 5.91 Å². The van der Waals surface area contributed by atoms with Gasteiger partial charge in [-0.3, -0.25) is 14.4 Å². The molecule has 2 aromatic carbocycles. The van der Waals surface area contributed by atoms with Gasteiger partial charge in [-0.15, -0.1) is 0 Å². The van der Waals surface area contributed by atoms with Crippen LogP contribution >= 0.6 is 11.6 Å². The minimum atomic E-state index is -1.46. The zero-order valence-corrected chi connectivity index (χ0v) is 24.1. The molecule has 41 heavy (non-hydrogen) atoms. The van der Waals surface area contributed by atoms with Gasteiger partial charge in [-0.1, -0.05) is 30.7 Å². The molecule has 0 saturated carbocycles. The Morgan fingerprint density at radius 2 is 1.54 bits per heavy atom. The first-order valence-corrected chi connectivity index (χ1v) is 13.6. The number of ketones is 1. The number of benzene rings is 2. The van der Waals surface area contributed by atoms with E-state index in [-0.39, 0.29) is 31.1 Å². The van der Waals surface area contributed by atoms with Gasteiger partial charge in [-0.25, -0.2) is 4.79 Å². The standard InChI is InChI=1S/C30H37ClN2O8/c1-4-5-6-7-26(36)32-17-16-25(28(38)40-24(18-34)19-35)33-29(39)30(2,3)41-23-14-10-21(11-15-23)27(37)20-8-12-22(31)13-9-20/h5-6,8-15,24-25,34-35H,4,7,16-19H2,1-3H3,(H,32,36)(H,33,39)/b6-5-. The summed E-state index contributed by atoms with van der Waals surface area (Å²) in [6.07, 6.45) is 3.40. The number of nitrogens with one attached hydrogen (secondary N) is 2. The second-order valence-corrected chi connectivity index (χ2v) is 10.1. The molecule has 0 spiro atoms. The molecule has 0 aromatic heterocycles. The molecular weight excluding hydrogens is 552 g/mol. The lowest BCUT2D eigenvalue weighted by Crippen LogP contribution is -2.53. The Labute approximate surface area is 244 Å². The highest BCUT2D eigenvalue weighted by Gasteiger charge is 2.34. The monoisotopic (exact) mass is 588 g/mol. The minimum absolute atomic E-state index is 0.00499. The van der Waals surface area contributed by atoms with Crippen molar-refractivity contribution in [2.24, 2.45) is 0 Å². The Balaban J connectivity index is 2.07. The highest BCUT2D eigenvalue weighted by molar-refractivity contribution is 6.30. The topological polar surface area (TPSA) is 151 Å². The summed E-state index contributed by atoms with van der Waals surface area (Å²) in [7, 11) is 0. The molecule has 0 aliphatic carbocycles. The van der Waals surface area contributed by atoms with E-state index >= 15 is 0 Å². The quantitative estimate of drug-likeness (QED) is 0.133. The molecule has 10 nitrogen and oxygen atoms in total. The van der Waals surface area contributed by atoms with Gasteiger partial charge in [0, 0.05) is 29.1 Å². The Hall–Kier alpha value is -3.73. The van der Waals surface area contributed by atoms with E-state index in [9.17, 15) is 29.4 Å². The van der Waals surface area contributed by atoms with Crippen molar-refractivity contribution in [2.75, 3.05) is 19.8 Å². The molecule has 222 valence electrons. The van der Waals surface area contributed by atoms with Crippen LogP contribution in [0.1, 0.15) is 56.0 Å². The number of aliphatic hydroxyl groups is 2. The normalized spacial score (nSPS) is 12.2. The average Bonchev–Trinajstić information content (AvgIpc) is 2.95. The lowest BCUT2D eigenvalue weighted by atomic mass is 10.0. The maximum absolute atomic E-state index is 13.2. The summed E-state index contributed by atoms with van der Waals surface area (Å²) >= 11 is 5.89. The van der Waals surface area contributed by atoms with E-state index in [4.69, 9.17) is 21.1 Å². The van der Waals surface area contributed by atoms with Gasteiger partial charge in [0.05, 0.1) is 13.2 Å². The van der Waals surface area contributed by atoms with Crippen molar-refractivity contribution < 1.29 is 38.9 Å². The van der Waals surface area contributed by atoms with E-state index in [0.717, 1.165) is 6.42 Å². The number of allylic oxidation sites excluding steroid dienone is 1. The molecule has 2 amide bonds. The zero-order valence-electron chi connectivity index (χ0n) is 23.4. The van der Waals surface area contributed by atoms with Crippen LogP contribution in [0.5, 0.6) is 5.75 Å². The number of hydrogen-bond donors (Lipinski definition) is 4. The van der Waals surface area contributed by atoms with Gasteiger partial charge < -0.3 is 30.3 Å². The smallest absolute Gasteiger partial charge is 0.329 e. The molecule has 0 heterocycles. The van der Waals surface area contributed by atoms with Crippen LogP contribution in [0.2, 0.25) is 5.02 Å². The van der Waals surface area contributed by atoms with Crippen LogP contribution in [0.25, 0.3) is 0 Å². The first-order chi connectivity index (χ1) is 19.5. The average molecular weight is 589 g/mol. The number of esters is 1. The van der Waals surface area contributed by atoms with Gasteiger partial charge >= 0.3 is 5.97 Å². The third-order valence-corrected chi connectivity index (χ3v) is 6.14. The highest BCUT2D eigenvalue weighted by Crippen LogP contribution is 2.21. The summed E-state index contributed by atoms with van der Waals surface area (Å²) in [6, 6.07) is 11.6. The summed E-state index contributed by atoms with van der Waals surface area (Å²) in [4.78, 5) is 50.6. The van der Waals surface area contributed by atoms with Crippen molar-refractivity contribution in [2.45, 2.75) is 57.8 Å². The molecule has 0 aliphatic heterocycles. The number of amides is 2. The summed E-state index contributed by atoms with van der Waals surface area (Å²) in [6.45, 7) is 3.81. The summed E-state index contributed by atoms with van der Waals surface area (Å²) < 4.78 is 11.0. The van der Waals surface area contributed by atoms with E-state index in [2.05, 4.69) is 10.6 Å². The number of carbonyl (C=O) groups is 4. The van der Waals surface area contributed by atoms with Crippen molar-refractivity contribution in [3.05, 3.63) is 76.8 Å². The fourth-order valence-electron chi connectivity index (χ4n) is 3.53. The van der Waals surface area contributed by atoms with Crippen LogP contribution in [0.4, 0.5) is 0 Å². The second kappa shape index (κ2) is 16.5. The number of aliphatic hydroxyl groups excluding tert-OH is 2. The Bertz CT molecular complexity index is 1190. The van der Waals surface area contributed by atoms with Gasteiger partial charge in [0.25, 0.3) is 5.91 Å². The van der Waals surface area contributed by atoms with Gasteiger partial charge in [-0.05, 0) is 75.2 Å². The van der Waals surface area contributed by atoms with Crippen LogP contribution < -0.4 is 15.4 Å². The third kappa shape index (κ3) is 11.0. The minimum Gasteiger partial charge on any atom is -0.478 e. The van der Waals surface area contributed by atoms with Crippen LogP contribution in [-0.4, -0.2) is 71.3 Å². The first-order valence-electron chi connectivity index (χ1n) is 13.2. The molecular formula is C30H37ClN2O8. The van der Waals surface area contributed by atoms with Gasteiger partial charge in [-0.2, -0.15) is 0 Å². The lowest BCUT2D eigenvalue weighted by molar-refractivity contribution is -0.158. The molecule has 4 N–H and O–H groups in total. The fourth-order valence-corrected chi connectivity index (χ4v) is 3.65. The van der Waals surface area contributed by atoms with E-state index < -0.39 is 42.8 Å². The number of hydrogen-bond acceptors (Lipinski definition) is 8. The van der Waals surface area contributed by atoms with Gasteiger partial charge in [0.1, 0.15) is 17.9 Å². The number of carbonyl (C=O) groups excluding carboxylic acids is 4. The Morgan fingerprint density at radius 1 is 0.951 bits per heavy atom. The zero-order chi connectivity index (χ0) is 30.4. The Kier molecular flexibility index (Phi) is 13.5. The molecule has 0 aliphatic rings. The highest BCUT2D eigenvalue weighted by atomic mass is 35.5. The van der Waals surface area contributed by atoms with Crippen molar-refractivity contribution in [3.8, 4) is 5.75 Å². The summed E-state index contributed by atoms with van der Waals surface area (Å²) in [5, 5.41) is 24.3. The van der Waals surface area contributed by atoms with E-state index in [1.54, 1.807) is 54.6 Å². The number of ether oxygens (including phenoxy) is 2. The maximum Gasteiger partial charge on any atom is 0.329 e. The molecule has 0 bridgehead atoms. The molecule has 0 saturated heterocycles. The molecule has 0 radical (unpaired) electrons. The van der Waals surface area contributed by atoms with Crippen LogP contribution in [-0.2, 0) is 19.1 Å².